The van der Waals surface area contributed by atoms with Gasteiger partial charge in [-0.15, -0.1) is 0 Å². The maximum Gasteiger partial charge on any atom is 0.290 e. The second-order valence-corrected chi connectivity index (χ2v) is 7.28. The van der Waals surface area contributed by atoms with E-state index in [9.17, 15) is 14.7 Å². The molecule has 152 valence electrons. The van der Waals surface area contributed by atoms with Crippen LogP contribution in [0, 0.1) is 0 Å². The summed E-state index contributed by atoms with van der Waals surface area (Å²) < 4.78 is 5.58. The van der Waals surface area contributed by atoms with Crippen LogP contribution in [-0.4, -0.2) is 45.9 Å². The standard InChI is InChI=1S/C23H26N2O4/c1-16(2)29-14-13-25-21(18-9-6-12-24-15-18)20(22(27)23(25)28)19(26)11-10-17-7-4-3-5-8-17/h3-9,12,15-16,21,27H,10-11,13-14H2,1-2H3. The van der Waals surface area contributed by atoms with Crippen molar-refractivity contribution in [2.45, 2.75) is 38.8 Å². The van der Waals surface area contributed by atoms with Crippen LogP contribution in [0.25, 0.3) is 0 Å². The van der Waals surface area contributed by atoms with E-state index in [-0.39, 0.29) is 30.4 Å². The summed E-state index contributed by atoms with van der Waals surface area (Å²) in [6, 6.07) is 12.6. The maximum absolute atomic E-state index is 13.0. The van der Waals surface area contributed by atoms with E-state index in [1.165, 1.54) is 4.90 Å². The molecule has 1 amide bonds. The van der Waals surface area contributed by atoms with E-state index in [1.807, 2.05) is 50.2 Å². The van der Waals surface area contributed by atoms with Crippen molar-refractivity contribution in [1.82, 2.24) is 9.88 Å². The van der Waals surface area contributed by atoms with Crippen molar-refractivity contribution in [1.29, 1.82) is 0 Å². The van der Waals surface area contributed by atoms with Gasteiger partial charge in [0.25, 0.3) is 5.91 Å². The Balaban J connectivity index is 1.84. The lowest BCUT2D eigenvalue weighted by molar-refractivity contribution is -0.130. The van der Waals surface area contributed by atoms with Crippen LogP contribution >= 0.6 is 0 Å². The summed E-state index contributed by atoms with van der Waals surface area (Å²) in [6.45, 7) is 4.42. The van der Waals surface area contributed by atoms with E-state index in [0.717, 1.165) is 5.56 Å². The minimum atomic E-state index is -0.657. The van der Waals surface area contributed by atoms with Crippen LogP contribution < -0.4 is 0 Å². The van der Waals surface area contributed by atoms with E-state index in [1.54, 1.807) is 18.5 Å². The van der Waals surface area contributed by atoms with Crippen molar-refractivity contribution >= 4 is 11.7 Å². The summed E-state index contributed by atoms with van der Waals surface area (Å²) in [5.74, 6) is -1.25. The van der Waals surface area contributed by atoms with Gasteiger partial charge in [-0.25, -0.2) is 0 Å². The summed E-state index contributed by atoms with van der Waals surface area (Å²) in [5, 5.41) is 10.5. The second-order valence-electron chi connectivity index (χ2n) is 7.28. The topological polar surface area (TPSA) is 79.7 Å². The minimum absolute atomic E-state index is 0.0260. The molecule has 2 heterocycles. The largest absolute Gasteiger partial charge is 0.503 e. The Morgan fingerprint density at radius 1 is 1.21 bits per heavy atom. The molecule has 0 radical (unpaired) electrons. The molecular formula is C23H26N2O4. The van der Waals surface area contributed by atoms with Gasteiger partial charge in [-0.2, -0.15) is 0 Å². The van der Waals surface area contributed by atoms with E-state index < -0.39 is 17.7 Å². The quantitative estimate of drug-likeness (QED) is 0.705. The maximum atomic E-state index is 13.0. The summed E-state index contributed by atoms with van der Waals surface area (Å²) >= 11 is 0. The number of ether oxygens (including phenoxy) is 1. The third-order valence-corrected chi connectivity index (χ3v) is 4.87. The van der Waals surface area contributed by atoms with Crippen molar-refractivity contribution < 1.29 is 19.4 Å². The predicted molar refractivity (Wildman–Crippen MR) is 109 cm³/mol. The number of aromatic nitrogens is 1. The molecule has 0 saturated carbocycles. The predicted octanol–water partition coefficient (Wildman–Crippen LogP) is 3.40. The minimum Gasteiger partial charge on any atom is -0.503 e. The van der Waals surface area contributed by atoms with Crippen molar-refractivity contribution in [3.8, 4) is 0 Å². The number of ketones is 1. The smallest absolute Gasteiger partial charge is 0.290 e. The fourth-order valence-corrected chi connectivity index (χ4v) is 3.48. The fraction of sp³-hybridized carbons (Fsp3) is 0.348. The molecule has 1 aromatic carbocycles. The SMILES string of the molecule is CC(C)OCCN1C(=O)C(O)=C(C(=O)CCc2ccccc2)C1c1cccnc1. The van der Waals surface area contributed by atoms with Gasteiger partial charge in [0, 0.05) is 25.4 Å². The Morgan fingerprint density at radius 3 is 2.62 bits per heavy atom. The Bertz CT molecular complexity index is 878. The molecule has 0 spiro atoms. The second kappa shape index (κ2) is 9.47. The molecule has 2 aromatic rings. The number of Topliss-reactive ketones (excluding diaryl/α,β-unsaturated/α-hetero) is 1. The number of hydrogen-bond acceptors (Lipinski definition) is 5. The highest BCUT2D eigenvalue weighted by molar-refractivity contribution is 6.09. The van der Waals surface area contributed by atoms with Crippen LogP contribution in [0.4, 0.5) is 0 Å². The number of nitrogens with zero attached hydrogens (tertiary/aromatic N) is 2. The summed E-state index contributed by atoms with van der Waals surface area (Å²) in [5.41, 5.74) is 1.87. The molecular weight excluding hydrogens is 368 g/mol. The molecule has 1 N–H and O–H groups in total. The number of carbonyl (C=O) groups is 2. The molecule has 1 aliphatic rings. The van der Waals surface area contributed by atoms with Crippen LogP contribution in [0.15, 0.2) is 66.2 Å². The van der Waals surface area contributed by atoms with Gasteiger partial charge in [0.15, 0.2) is 11.5 Å². The first-order valence-electron chi connectivity index (χ1n) is 9.81. The van der Waals surface area contributed by atoms with Gasteiger partial charge in [0.2, 0.25) is 0 Å². The number of aryl methyl sites for hydroxylation is 1. The highest BCUT2D eigenvalue weighted by atomic mass is 16.5. The number of carbonyl (C=O) groups excluding carboxylic acids is 2. The molecule has 0 aliphatic carbocycles. The summed E-state index contributed by atoms with van der Waals surface area (Å²) in [6.07, 6.45) is 4.03. The van der Waals surface area contributed by atoms with Gasteiger partial charge in [-0.1, -0.05) is 36.4 Å². The molecule has 3 rings (SSSR count). The summed E-state index contributed by atoms with van der Waals surface area (Å²) in [7, 11) is 0. The molecule has 6 nitrogen and oxygen atoms in total. The average Bonchev–Trinajstić information content (AvgIpc) is 2.98. The van der Waals surface area contributed by atoms with Crippen molar-refractivity contribution in [2.24, 2.45) is 0 Å². The highest BCUT2D eigenvalue weighted by Gasteiger charge is 2.43. The lowest BCUT2D eigenvalue weighted by atomic mass is 9.94. The van der Waals surface area contributed by atoms with E-state index in [0.29, 0.717) is 18.6 Å². The first kappa shape index (κ1) is 20.7. The molecule has 0 saturated heterocycles. The van der Waals surface area contributed by atoms with Gasteiger partial charge in [0.1, 0.15) is 0 Å². The van der Waals surface area contributed by atoms with Crippen molar-refractivity contribution in [3.05, 3.63) is 77.3 Å². The number of pyridine rings is 1. The number of aliphatic hydroxyl groups excluding tert-OH is 1. The molecule has 0 fully saturated rings. The normalized spacial score (nSPS) is 16.7. The zero-order chi connectivity index (χ0) is 20.8. The Labute approximate surface area is 170 Å². The molecule has 6 heteroatoms. The third-order valence-electron chi connectivity index (χ3n) is 4.87. The van der Waals surface area contributed by atoms with Crippen LogP contribution in [-0.2, 0) is 20.7 Å². The van der Waals surface area contributed by atoms with Gasteiger partial charge < -0.3 is 14.7 Å². The van der Waals surface area contributed by atoms with Crippen LogP contribution in [0.3, 0.4) is 0 Å². The lowest BCUT2D eigenvalue weighted by Gasteiger charge is -2.26. The van der Waals surface area contributed by atoms with Gasteiger partial charge >= 0.3 is 0 Å². The number of amides is 1. The number of hydrogen-bond donors (Lipinski definition) is 1. The molecule has 1 aromatic heterocycles. The lowest BCUT2D eigenvalue weighted by Crippen LogP contribution is -2.34. The van der Waals surface area contributed by atoms with E-state index in [2.05, 4.69) is 4.98 Å². The van der Waals surface area contributed by atoms with E-state index in [4.69, 9.17) is 4.74 Å². The Kier molecular flexibility index (Phi) is 6.77. The highest BCUT2D eigenvalue weighted by Crippen LogP contribution is 2.37. The molecule has 1 atom stereocenters. The van der Waals surface area contributed by atoms with Crippen LogP contribution in [0.5, 0.6) is 0 Å². The molecule has 1 aliphatic heterocycles. The molecule has 0 bridgehead atoms. The number of benzene rings is 1. The number of aliphatic hydroxyl groups is 1. The summed E-state index contributed by atoms with van der Waals surface area (Å²) in [4.78, 5) is 31.4. The van der Waals surface area contributed by atoms with Gasteiger partial charge in [-0.3, -0.25) is 14.6 Å². The molecule has 29 heavy (non-hydrogen) atoms. The van der Waals surface area contributed by atoms with Crippen molar-refractivity contribution in [2.75, 3.05) is 13.2 Å². The van der Waals surface area contributed by atoms with Gasteiger partial charge in [0.05, 0.1) is 24.3 Å². The van der Waals surface area contributed by atoms with Crippen molar-refractivity contribution in [3.63, 3.8) is 0 Å². The monoisotopic (exact) mass is 394 g/mol. The third kappa shape index (κ3) is 4.90. The zero-order valence-corrected chi connectivity index (χ0v) is 16.7. The zero-order valence-electron chi connectivity index (χ0n) is 16.7. The number of rotatable bonds is 9. The average molecular weight is 394 g/mol. The van der Waals surface area contributed by atoms with Crippen LogP contribution in [0.2, 0.25) is 0 Å². The van der Waals surface area contributed by atoms with Gasteiger partial charge in [-0.05, 0) is 37.5 Å². The Hall–Kier alpha value is -2.99. The Morgan fingerprint density at radius 2 is 1.97 bits per heavy atom. The van der Waals surface area contributed by atoms with Crippen LogP contribution in [0.1, 0.15) is 37.4 Å². The first-order chi connectivity index (χ1) is 14.0. The molecule has 1 unspecified atom stereocenters. The first-order valence-corrected chi connectivity index (χ1v) is 9.81. The van der Waals surface area contributed by atoms with E-state index >= 15 is 0 Å². The fourth-order valence-electron chi connectivity index (χ4n) is 3.48.